The first-order valence-electron chi connectivity index (χ1n) is 9.25. The fourth-order valence-corrected chi connectivity index (χ4v) is 3.68. The van der Waals surface area contributed by atoms with Crippen molar-refractivity contribution in [2.24, 2.45) is 10.3 Å². The summed E-state index contributed by atoms with van der Waals surface area (Å²) in [6.07, 6.45) is 0. The van der Waals surface area contributed by atoms with E-state index >= 15 is 0 Å². The Kier molecular flexibility index (Phi) is 5.47. The van der Waals surface area contributed by atoms with Gasteiger partial charge in [0, 0.05) is 16.8 Å². The minimum atomic E-state index is -1.01. The summed E-state index contributed by atoms with van der Waals surface area (Å²) in [6.45, 7) is -0.254. The van der Waals surface area contributed by atoms with E-state index in [0.29, 0.717) is 27.9 Å². The average molecular weight is 444 g/mol. The molecule has 2 heterocycles. The number of carbonyl (C=O) groups excluding carboxylic acids is 3. The monoisotopic (exact) mass is 443 g/mol. The molecule has 2 aromatic carbocycles. The number of anilines is 2. The Balaban J connectivity index is 1.51. The molecule has 1 N–H and O–H groups in total. The summed E-state index contributed by atoms with van der Waals surface area (Å²) in [4.78, 5) is 39.4. The Hall–Kier alpha value is -3.66. The van der Waals surface area contributed by atoms with Gasteiger partial charge in [0.1, 0.15) is 6.54 Å². The smallest absolute Gasteiger partial charge is 0.263 e. The summed E-state index contributed by atoms with van der Waals surface area (Å²) in [6, 6.07) is 9.35. The van der Waals surface area contributed by atoms with E-state index in [2.05, 4.69) is 15.7 Å². The van der Waals surface area contributed by atoms with E-state index in [1.807, 2.05) is 0 Å². The highest BCUT2D eigenvalue weighted by molar-refractivity contribution is 6.31. The molecule has 31 heavy (non-hydrogen) atoms. The van der Waals surface area contributed by atoms with E-state index in [0.717, 1.165) is 4.90 Å². The molecule has 3 amide bonds. The number of hydrogen-bond donors (Lipinski definition) is 1. The van der Waals surface area contributed by atoms with Gasteiger partial charge < -0.3 is 14.8 Å². The summed E-state index contributed by atoms with van der Waals surface area (Å²) < 4.78 is 10.4. The number of carbonyl (C=O) groups is 3. The highest BCUT2D eigenvalue weighted by Crippen LogP contribution is 2.36. The maximum Gasteiger partial charge on any atom is 0.263 e. The predicted molar refractivity (Wildman–Crippen MR) is 111 cm³/mol. The van der Waals surface area contributed by atoms with Crippen molar-refractivity contribution >= 4 is 40.7 Å². The lowest BCUT2D eigenvalue weighted by atomic mass is 10.1. The molecular formula is C20H18ClN5O5. The van der Waals surface area contributed by atoms with Crippen molar-refractivity contribution in [3.05, 3.63) is 47.5 Å². The van der Waals surface area contributed by atoms with Gasteiger partial charge in [-0.05, 0) is 30.3 Å². The summed E-state index contributed by atoms with van der Waals surface area (Å²) in [5.41, 5.74) is 0.826. The number of methoxy groups -OCH3 is 2. The number of fused-ring (bicyclic) bond motifs is 1. The summed E-state index contributed by atoms with van der Waals surface area (Å²) in [7, 11) is 2.94. The summed E-state index contributed by atoms with van der Waals surface area (Å²) in [5, 5.41) is 12.2. The van der Waals surface area contributed by atoms with Gasteiger partial charge in [0.05, 0.1) is 19.9 Å². The number of rotatable bonds is 6. The molecule has 2 aliphatic rings. The van der Waals surface area contributed by atoms with Crippen LogP contribution in [0.2, 0.25) is 5.02 Å². The van der Waals surface area contributed by atoms with Gasteiger partial charge in [0.2, 0.25) is 5.91 Å². The molecule has 1 saturated heterocycles. The summed E-state index contributed by atoms with van der Waals surface area (Å²) in [5.74, 6) is -0.639. The Labute approximate surface area is 182 Å². The molecule has 2 aliphatic heterocycles. The van der Waals surface area contributed by atoms with E-state index in [9.17, 15) is 14.4 Å². The molecular weight excluding hydrogens is 426 g/mol. The van der Waals surface area contributed by atoms with Crippen LogP contribution in [-0.4, -0.2) is 55.6 Å². The fraction of sp³-hybridized carbons (Fsp3) is 0.250. The van der Waals surface area contributed by atoms with Gasteiger partial charge in [0.25, 0.3) is 11.8 Å². The Morgan fingerprint density at radius 1 is 1.10 bits per heavy atom. The minimum Gasteiger partial charge on any atom is -0.493 e. The van der Waals surface area contributed by atoms with Crippen LogP contribution in [0.15, 0.2) is 52.8 Å². The first-order chi connectivity index (χ1) is 14.9. The number of imide groups is 1. The second-order valence-corrected chi connectivity index (χ2v) is 7.24. The van der Waals surface area contributed by atoms with Crippen LogP contribution >= 0.6 is 11.6 Å². The van der Waals surface area contributed by atoms with Crippen molar-refractivity contribution in [3.63, 3.8) is 0 Å². The first-order valence-corrected chi connectivity index (χ1v) is 9.63. The van der Waals surface area contributed by atoms with Crippen molar-refractivity contribution in [2.45, 2.75) is 12.1 Å². The molecule has 0 spiro atoms. The van der Waals surface area contributed by atoms with Crippen molar-refractivity contribution in [1.82, 2.24) is 5.01 Å². The number of halogens is 1. The van der Waals surface area contributed by atoms with E-state index in [1.54, 1.807) is 36.4 Å². The lowest BCUT2D eigenvalue weighted by Gasteiger charge is -2.20. The van der Waals surface area contributed by atoms with Gasteiger partial charge in [-0.15, -0.1) is 0 Å². The maximum atomic E-state index is 13.1. The molecule has 11 heteroatoms. The molecule has 0 radical (unpaired) electrons. The lowest BCUT2D eigenvalue weighted by Crippen LogP contribution is -2.43. The lowest BCUT2D eigenvalue weighted by molar-refractivity contribution is -0.123. The summed E-state index contributed by atoms with van der Waals surface area (Å²) >= 11 is 5.92. The minimum absolute atomic E-state index is 0.254. The van der Waals surface area contributed by atoms with Crippen LogP contribution in [0.25, 0.3) is 0 Å². The maximum absolute atomic E-state index is 13.1. The number of benzene rings is 2. The van der Waals surface area contributed by atoms with Gasteiger partial charge in [-0.25, -0.2) is 4.90 Å². The third kappa shape index (κ3) is 3.77. The quantitative estimate of drug-likeness (QED) is 0.685. The second-order valence-electron chi connectivity index (χ2n) is 6.80. The SMILES string of the molecule is COc1ccc(N2C(=O)[C@H]3N=NN(CC(=O)Nc4cccc(Cl)c4)[C@@H]3C2=O)cc1OC. The van der Waals surface area contributed by atoms with Crippen molar-refractivity contribution < 1.29 is 23.9 Å². The van der Waals surface area contributed by atoms with E-state index in [1.165, 1.54) is 25.3 Å². The molecule has 2 atom stereocenters. The normalized spacial score (nSPS) is 19.6. The standard InChI is InChI=1S/C20H18ClN5O5/c1-30-14-7-6-13(9-15(14)31-2)26-19(28)17-18(20(26)29)25(24-23-17)10-16(27)22-12-5-3-4-11(21)8-12/h3-9,17-18H,10H2,1-2H3,(H,22,27)/t17-,18-/m0/s1. The van der Waals surface area contributed by atoms with Gasteiger partial charge in [-0.1, -0.05) is 22.9 Å². The fourth-order valence-electron chi connectivity index (χ4n) is 3.49. The molecule has 0 unspecified atom stereocenters. The average Bonchev–Trinajstić information content (AvgIpc) is 3.27. The third-order valence-corrected chi connectivity index (χ3v) is 5.13. The molecule has 4 rings (SSSR count). The van der Waals surface area contributed by atoms with E-state index < -0.39 is 29.8 Å². The highest BCUT2D eigenvalue weighted by atomic mass is 35.5. The van der Waals surface area contributed by atoms with Crippen molar-refractivity contribution in [3.8, 4) is 11.5 Å². The third-order valence-electron chi connectivity index (χ3n) is 4.90. The number of nitrogens with one attached hydrogen (secondary N) is 1. The number of nitrogens with zero attached hydrogens (tertiary/aromatic N) is 4. The van der Waals surface area contributed by atoms with Crippen LogP contribution < -0.4 is 19.7 Å². The molecule has 0 aliphatic carbocycles. The molecule has 0 bridgehead atoms. The van der Waals surface area contributed by atoms with Gasteiger partial charge in [0.15, 0.2) is 23.6 Å². The molecule has 0 saturated carbocycles. The van der Waals surface area contributed by atoms with Crippen LogP contribution in [-0.2, 0) is 14.4 Å². The van der Waals surface area contributed by atoms with Crippen LogP contribution in [0.5, 0.6) is 11.5 Å². The molecule has 10 nitrogen and oxygen atoms in total. The van der Waals surface area contributed by atoms with Crippen LogP contribution in [0.4, 0.5) is 11.4 Å². The molecule has 160 valence electrons. The van der Waals surface area contributed by atoms with Gasteiger partial charge in [-0.2, -0.15) is 5.11 Å². The zero-order valence-electron chi connectivity index (χ0n) is 16.6. The molecule has 2 aromatic rings. The van der Waals surface area contributed by atoms with E-state index in [4.69, 9.17) is 21.1 Å². The Morgan fingerprint density at radius 3 is 2.58 bits per heavy atom. The molecule has 0 aromatic heterocycles. The first kappa shape index (κ1) is 20.6. The van der Waals surface area contributed by atoms with Crippen LogP contribution in [0.1, 0.15) is 0 Å². The van der Waals surface area contributed by atoms with Crippen molar-refractivity contribution in [1.29, 1.82) is 0 Å². The van der Waals surface area contributed by atoms with Crippen LogP contribution in [0, 0.1) is 0 Å². The zero-order chi connectivity index (χ0) is 22.1. The Bertz CT molecular complexity index is 1090. The zero-order valence-corrected chi connectivity index (χ0v) is 17.4. The van der Waals surface area contributed by atoms with Gasteiger partial charge >= 0.3 is 0 Å². The number of amides is 3. The molecule has 1 fully saturated rings. The topological polar surface area (TPSA) is 113 Å². The van der Waals surface area contributed by atoms with Gasteiger partial charge in [-0.3, -0.25) is 19.4 Å². The predicted octanol–water partition coefficient (Wildman–Crippen LogP) is 2.29. The number of ether oxygens (including phenoxy) is 2. The second kappa shape index (κ2) is 8.23. The largest absolute Gasteiger partial charge is 0.493 e. The van der Waals surface area contributed by atoms with Crippen LogP contribution in [0.3, 0.4) is 0 Å². The van der Waals surface area contributed by atoms with Crippen molar-refractivity contribution in [2.75, 3.05) is 31.0 Å². The highest BCUT2D eigenvalue weighted by Gasteiger charge is 2.55. The Morgan fingerprint density at radius 2 is 1.87 bits per heavy atom. The van der Waals surface area contributed by atoms with E-state index in [-0.39, 0.29) is 6.54 Å². The number of hydrogen-bond acceptors (Lipinski definition) is 8.